The molecule has 0 saturated carbocycles. The standard InChI is InChI=1S/C23H21N5O5/c1-14-20-18(25-24-16-10-12-17(13-11-16)28(31)32)8-5-9-19(20)33-21(14)23(30)27-26-22(29)15-6-3-2-4-7-15/h2-4,6-7,10-13,24H,5,8-9H2,1H3,(H,26,29)(H,27,30)/b25-18+. The molecule has 33 heavy (non-hydrogen) atoms. The molecule has 0 fully saturated rings. The molecular weight excluding hydrogens is 426 g/mol. The lowest BCUT2D eigenvalue weighted by Crippen LogP contribution is -2.41. The largest absolute Gasteiger partial charge is 0.455 e. The molecule has 0 radical (unpaired) electrons. The summed E-state index contributed by atoms with van der Waals surface area (Å²) >= 11 is 0. The van der Waals surface area contributed by atoms with Crippen molar-refractivity contribution in [1.29, 1.82) is 0 Å². The molecule has 0 saturated heterocycles. The van der Waals surface area contributed by atoms with E-state index in [0.29, 0.717) is 35.4 Å². The molecule has 2 aromatic carbocycles. The van der Waals surface area contributed by atoms with E-state index in [1.54, 1.807) is 49.4 Å². The summed E-state index contributed by atoms with van der Waals surface area (Å²) in [5.74, 6) is -0.234. The van der Waals surface area contributed by atoms with Crippen molar-refractivity contribution < 1.29 is 18.9 Å². The Morgan fingerprint density at radius 3 is 2.39 bits per heavy atom. The van der Waals surface area contributed by atoms with Gasteiger partial charge in [-0.2, -0.15) is 5.10 Å². The molecule has 2 amide bonds. The van der Waals surface area contributed by atoms with E-state index in [1.807, 2.05) is 0 Å². The van der Waals surface area contributed by atoms with Crippen LogP contribution in [0.5, 0.6) is 0 Å². The van der Waals surface area contributed by atoms with Crippen molar-refractivity contribution in [3.8, 4) is 0 Å². The van der Waals surface area contributed by atoms with Crippen LogP contribution >= 0.6 is 0 Å². The molecule has 0 atom stereocenters. The topological polar surface area (TPSA) is 139 Å². The molecule has 168 valence electrons. The van der Waals surface area contributed by atoms with Gasteiger partial charge in [0.25, 0.3) is 11.6 Å². The number of rotatable bonds is 5. The van der Waals surface area contributed by atoms with Crippen LogP contribution in [0, 0.1) is 17.0 Å². The smallest absolute Gasteiger partial charge is 0.305 e. The van der Waals surface area contributed by atoms with E-state index in [-0.39, 0.29) is 11.4 Å². The van der Waals surface area contributed by atoms with Gasteiger partial charge in [-0.25, -0.2) is 0 Å². The number of nitro benzene ring substituents is 1. The number of anilines is 1. The Morgan fingerprint density at radius 1 is 1.00 bits per heavy atom. The average Bonchev–Trinajstić information content (AvgIpc) is 3.19. The third-order valence-electron chi connectivity index (χ3n) is 5.26. The van der Waals surface area contributed by atoms with Gasteiger partial charge in [0.15, 0.2) is 5.76 Å². The number of amides is 2. The van der Waals surface area contributed by atoms with E-state index in [4.69, 9.17) is 4.42 Å². The highest BCUT2D eigenvalue weighted by atomic mass is 16.6. The molecule has 0 unspecified atom stereocenters. The fourth-order valence-corrected chi connectivity index (χ4v) is 3.62. The molecule has 3 aromatic rings. The van der Waals surface area contributed by atoms with E-state index in [2.05, 4.69) is 21.4 Å². The Kier molecular flexibility index (Phi) is 6.16. The molecule has 10 heteroatoms. The number of carbonyl (C=O) groups excluding carboxylic acids is 2. The van der Waals surface area contributed by atoms with Gasteiger partial charge in [0.2, 0.25) is 0 Å². The zero-order chi connectivity index (χ0) is 23.4. The van der Waals surface area contributed by atoms with Crippen LogP contribution in [-0.2, 0) is 6.42 Å². The first-order valence-corrected chi connectivity index (χ1v) is 10.3. The van der Waals surface area contributed by atoms with E-state index in [9.17, 15) is 19.7 Å². The quantitative estimate of drug-likeness (QED) is 0.402. The van der Waals surface area contributed by atoms with Gasteiger partial charge < -0.3 is 4.42 Å². The van der Waals surface area contributed by atoms with Gasteiger partial charge in [-0.15, -0.1) is 0 Å². The Labute approximate surface area is 188 Å². The van der Waals surface area contributed by atoms with E-state index >= 15 is 0 Å². The summed E-state index contributed by atoms with van der Waals surface area (Å²) in [4.78, 5) is 35.2. The van der Waals surface area contributed by atoms with Gasteiger partial charge in [-0.1, -0.05) is 18.2 Å². The average molecular weight is 447 g/mol. The number of fused-ring (bicyclic) bond motifs is 1. The predicted molar refractivity (Wildman–Crippen MR) is 121 cm³/mol. The molecule has 4 rings (SSSR count). The van der Waals surface area contributed by atoms with Gasteiger partial charge in [-0.3, -0.25) is 36.0 Å². The number of hydrogen-bond donors (Lipinski definition) is 3. The minimum Gasteiger partial charge on any atom is -0.455 e. The Bertz CT molecular complexity index is 1230. The minimum atomic E-state index is -0.561. The highest BCUT2D eigenvalue weighted by Gasteiger charge is 2.28. The summed E-state index contributed by atoms with van der Waals surface area (Å²) in [6.45, 7) is 1.77. The number of hydrogen-bond acceptors (Lipinski definition) is 7. The van der Waals surface area contributed by atoms with Crippen molar-refractivity contribution in [3.63, 3.8) is 0 Å². The maximum atomic E-state index is 12.7. The van der Waals surface area contributed by atoms with E-state index < -0.39 is 16.7 Å². The minimum absolute atomic E-state index is 0.00570. The van der Waals surface area contributed by atoms with Crippen LogP contribution in [0.1, 0.15) is 50.6 Å². The summed E-state index contributed by atoms with van der Waals surface area (Å²) in [5, 5.41) is 15.2. The summed E-state index contributed by atoms with van der Waals surface area (Å²) in [6, 6.07) is 14.5. The first-order chi connectivity index (χ1) is 15.9. The number of hydrazone groups is 1. The predicted octanol–water partition coefficient (Wildman–Crippen LogP) is 3.72. The number of non-ortho nitro benzene ring substituents is 1. The van der Waals surface area contributed by atoms with Crippen LogP contribution < -0.4 is 16.3 Å². The van der Waals surface area contributed by atoms with Crippen LogP contribution in [0.25, 0.3) is 0 Å². The fourth-order valence-electron chi connectivity index (χ4n) is 3.62. The van der Waals surface area contributed by atoms with Crippen LogP contribution in [0.15, 0.2) is 64.1 Å². The van der Waals surface area contributed by atoms with Crippen LogP contribution in [-0.4, -0.2) is 22.4 Å². The molecular formula is C23H21N5O5. The van der Waals surface area contributed by atoms with Gasteiger partial charge >= 0.3 is 5.91 Å². The van der Waals surface area contributed by atoms with Crippen molar-refractivity contribution in [3.05, 3.63) is 92.9 Å². The SMILES string of the molecule is Cc1c(C(=O)NNC(=O)c2ccccc2)oc2c1/C(=N/Nc1ccc([N+](=O)[O-])cc1)CCC2. The zero-order valence-electron chi connectivity index (χ0n) is 17.8. The number of carbonyl (C=O) groups is 2. The molecule has 3 N–H and O–H groups in total. The zero-order valence-corrected chi connectivity index (χ0v) is 17.8. The molecule has 0 aliphatic heterocycles. The first-order valence-electron chi connectivity index (χ1n) is 10.3. The van der Waals surface area contributed by atoms with E-state index in [1.165, 1.54) is 12.1 Å². The van der Waals surface area contributed by atoms with Crippen molar-refractivity contribution >= 4 is 28.9 Å². The molecule has 1 aromatic heterocycles. The molecule has 1 heterocycles. The number of furan rings is 1. The second-order valence-electron chi connectivity index (χ2n) is 7.46. The van der Waals surface area contributed by atoms with Crippen LogP contribution in [0.4, 0.5) is 11.4 Å². The Hall–Kier alpha value is -4.47. The second-order valence-corrected chi connectivity index (χ2v) is 7.46. The maximum absolute atomic E-state index is 12.7. The second kappa shape index (κ2) is 9.35. The molecule has 0 bridgehead atoms. The highest BCUT2D eigenvalue weighted by Crippen LogP contribution is 2.30. The normalized spacial score (nSPS) is 13.8. The monoisotopic (exact) mass is 447 g/mol. The summed E-state index contributed by atoms with van der Waals surface area (Å²) < 4.78 is 5.81. The summed E-state index contributed by atoms with van der Waals surface area (Å²) in [7, 11) is 0. The van der Waals surface area contributed by atoms with Crippen molar-refractivity contribution in [2.75, 3.05) is 5.43 Å². The Morgan fingerprint density at radius 2 is 1.70 bits per heavy atom. The van der Waals surface area contributed by atoms with Crippen molar-refractivity contribution in [2.45, 2.75) is 26.2 Å². The Balaban J connectivity index is 1.48. The first kappa shape index (κ1) is 21.8. The maximum Gasteiger partial charge on any atom is 0.305 e. The van der Waals surface area contributed by atoms with Gasteiger partial charge in [0, 0.05) is 35.2 Å². The third-order valence-corrected chi connectivity index (χ3v) is 5.26. The highest BCUT2D eigenvalue weighted by molar-refractivity contribution is 6.07. The van der Waals surface area contributed by atoms with Crippen molar-refractivity contribution in [1.82, 2.24) is 10.9 Å². The number of hydrazine groups is 1. The van der Waals surface area contributed by atoms with Crippen LogP contribution in [0.3, 0.4) is 0 Å². The lowest BCUT2D eigenvalue weighted by molar-refractivity contribution is -0.384. The number of aryl methyl sites for hydroxylation is 1. The number of benzene rings is 2. The summed E-state index contributed by atoms with van der Waals surface area (Å²) in [6.07, 6.45) is 2.14. The summed E-state index contributed by atoms with van der Waals surface area (Å²) in [5.41, 5.74) is 10.8. The number of nitrogens with one attached hydrogen (secondary N) is 3. The number of nitro groups is 1. The molecule has 1 aliphatic carbocycles. The lowest BCUT2D eigenvalue weighted by Gasteiger charge is -2.13. The molecule has 10 nitrogen and oxygen atoms in total. The van der Waals surface area contributed by atoms with Gasteiger partial charge in [0.05, 0.1) is 16.3 Å². The van der Waals surface area contributed by atoms with Crippen molar-refractivity contribution in [2.24, 2.45) is 5.10 Å². The number of nitrogens with zero attached hydrogens (tertiary/aromatic N) is 2. The van der Waals surface area contributed by atoms with Crippen LogP contribution in [0.2, 0.25) is 0 Å². The van der Waals surface area contributed by atoms with E-state index in [0.717, 1.165) is 17.7 Å². The lowest BCUT2D eigenvalue weighted by atomic mass is 9.93. The molecule has 1 aliphatic rings. The fraction of sp³-hybridized carbons (Fsp3) is 0.174. The third kappa shape index (κ3) is 4.74. The van der Waals surface area contributed by atoms with Gasteiger partial charge in [0.1, 0.15) is 5.76 Å². The van der Waals surface area contributed by atoms with Gasteiger partial charge in [-0.05, 0) is 44.0 Å². The molecule has 0 spiro atoms.